The minimum absolute atomic E-state index is 0.203. The summed E-state index contributed by atoms with van der Waals surface area (Å²) < 4.78 is 0. The lowest BCUT2D eigenvalue weighted by Gasteiger charge is -2.20. The van der Waals surface area contributed by atoms with Gasteiger partial charge in [-0.2, -0.15) is 0 Å². The molecule has 0 aliphatic carbocycles. The highest BCUT2D eigenvalue weighted by Crippen LogP contribution is 2.16. The first-order valence-electron chi connectivity index (χ1n) is 5.27. The van der Waals surface area contributed by atoms with Crippen molar-refractivity contribution in [2.75, 3.05) is 39.8 Å². The zero-order chi connectivity index (χ0) is 10.6. The fraction of sp³-hybridized carbons (Fsp3) is 0.900. The number of nitrogens with zero attached hydrogens (tertiary/aromatic N) is 2. The van der Waals surface area contributed by atoms with Gasteiger partial charge in [0.15, 0.2) is 0 Å². The molecule has 1 fully saturated rings. The quantitative estimate of drug-likeness (QED) is 0.679. The van der Waals surface area contributed by atoms with Crippen LogP contribution in [0.15, 0.2) is 0 Å². The van der Waals surface area contributed by atoms with Crippen molar-refractivity contribution in [3.8, 4) is 0 Å². The molecule has 4 heteroatoms. The summed E-state index contributed by atoms with van der Waals surface area (Å²) in [5.41, 5.74) is 5.47. The third-order valence-electron chi connectivity index (χ3n) is 2.81. The van der Waals surface area contributed by atoms with Crippen LogP contribution in [0, 0.1) is 5.92 Å². The van der Waals surface area contributed by atoms with E-state index in [-0.39, 0.29) is 5.91 Å². The van der Waals surface area contributed by atoms with Gasteiger partial charge >= 0.3 is 0 Å². The minimum atomic E-state index is 0.203. The SMILES string of the molecule is CC(=O)N1CCC(CN(C)CCN)C1. The first-order valence-corrected chi connectivity index (χ1v) is 5.27. The largest absolute Gasteiger partial charge is 0.343 e. The molecule has 0 aromatic carbocycles. The fourth-order valence-corrected chi connectivity index (χ4v) is 2.02. The summed E-state index contributed by atoms with van der Waals surface area (Å²) in [7, 11) is 2.09. The average Bonchev–Trinajstić information content (AvgIpc) is 2.53. The molecule has 82 valence electrons. The van der Waals surface area contributed by atoms with Crippen LogP contribution in [0.4, 0.5) is 0 Å². The molecular weight excluding hydrogens is 178 g/mol. The summed E-state index contributed by atoms with van der Waals surface area (Å²) >= 11 is 0. The Morgan fingerprint density at radius 1 is 1.64 bits per heavy atom. The van der Waals surface area contributed by atoms with Crippen LogP contribution in [0.1, 0.15) is 13.3 Å². The molecule has 14 heavy (non-hydrogen) atoms. The molecule has 2 N–H and O–H groups in total. The summed E-state index contributed by atoms with van der Waals surface area (Å²) in [6.45, 7) is 6.20. The fourth-order valence-electron chi connectivity index (χ4n) is 2.02. The van der Waals surface area contributed by atoms with Crippen molar-refractivity contribution in [3.05, 3.63) is 0 Å². The molecule has 1 rings (SSSR count). The monoisotopic (exact) mass is 199 g/mol. The van der Waals surface area contributed by atoms with Gasteiger partial charge in [0.1, 0.15) is 0 Å². The van der Waals surface area contributed by atoms with E-state index in [1.807, 2.05) is 4.90 Å². The third kappa shape index (κ3) is 3.27. The van der Waals surface area contributed by atoms with Crippen LogP contribution in [0.3, 0.4) is 0 Å². The molecule has 0 radical (unpaired) electrons. The second-order valence-electron chi connectivity index (χ2n) is 4.17. The van der Waals surface area contributed by atoms with Gasteiger partial charge in [-0.15, -0.1) is 0 Å². The number of amides is 1. The van der Waals surface area contributed by atoms with E-state index in [4.69, 9.17) is 5.73 Å². The Balaban J connectivity index is 2.25. The first kappa shape index (κ1) is 11.5. The number of likely N-dealkylation sites (tertiary alicyclic amines) is 1. The Labute approximate surface area is 86.0 Å². The predicted molar refractivity (Wildman–Crippen MR) is 56.9 cm³/mol. The lowest BCUT2D eigenvalue weighted by atomic mass is 10.1. The van der Waals surface area contributed by atoms with Gasteiger partial charge in [-0.05, 0) is 19.4 Å². The van der Waals surface area contributed by atoms with Gasteiger partial charge in [0, 0.05) is 39.6 Å². The maximum atomic E-state index is 11.1. The predicted octanol–water partition coefficient (Wildman–Crippen LogP) is -0.255. The summed E-state index contributed by atoms with van der Waals surface area (Å²) in [6.07, 6.45) is 1.13. The van der Waals surface area contributed by atoms with Crippen LogP contribution in [0.2, 0.25) is 0 Å². The molecule has 1 unspecified atom stereocenters. The molecule has 1 atom stereocenters. The molecule has 1 aliphatic rings. The number of carbonyl (C=O) groups excluding carboxylic acids is 1. The zero-order valence-electron chi connectivity index (χ0n) is 9.20. The number of rotatable bonds is 4. The van der Waals surface area contributed by atoms with Crippen molar-refractivity contribution in [2.24, 2.45) is 11.7 Å². The number of likely N-dealkylation sites (N-methyl/N-ethyl adjacent to an activating group) is 1. The topological polar surface area (TPSA) is 49.6 Å². The summed E-state index contributed by atoms with van der Waals surface area (Å²) in [5, 5.41) is 0. The molecule has 0 aromatic rings. The highest BCUT2D eigenvalue weighted by molar-refractivity contribution is 5.73. The maximum Gasteiger partial charge on any atom is 0.219 e. The van der Waals surface area contributed by atoms with Crippen LogP contribution in [-0.4, -0.2) is 55.5 Å². The van der Waals surface area contributed by atoms with Crippen molar-refractivity contribution < 1.29 is 4.79 Å². The van der Waals surface area contributed by atoms with Gasteiger partial charge < -0.3 is 15.5 Å². The molecule has 1 amide bonds. The van der Waals surface area contributed by atoms with Crippen molar-refractivity contribution in [3.63, 3.8) is 0 Å². The molecule has 1 heterocycles. The van der Waals surface area contributed by atoms with Crippen molar-refractivity contribution in [2.45, 2.75) is 13.3 Å². The van der Waals surface area contributed by atoms with Gasteiger partial charge in [-0.25, -0.2) is 0 Å². The van der Waals surface area contributed by atoms with Gasteiger partial charge in [0.05, 0.1) is 0 Å². The molecule has 1 aliphatic heterocycles. The molecule has 1 saturated heterocycles. The van der Waals surface area contributed by atoms with E-state index in [0.29, 0.717) is 12.5 Å². The molecule has 0 spiro atoms. The smallest absolute Gasteiger partial charge is 0.219 e. The molecule has 4 nitrogen and oxygen atoms in total. The maximum absolute atomic E-state index is 11.1. The van der Waals surface area contributed by atoms with E-state index in [2.05, 4.69) is 11.9 Å². The highest BCUT2D eigenvalue weighted by atomic mass is 16.2. The van der Waals surface area contributed by atoms with Gasteiger partial charge in [-0.1, -0.05) is 0 Å². The second-order valence-corrected chi connectivity index (χ2v) is 4.17. The Morgan fingerprint density at radius 3 is 2.86 bits per heavy atom. The minimum Gasteiger partial charge on any atom is -0.343 e. The highest BCUT2D eigenvalue weighted by Gasteiger charge is 2.24. The van der Waals surface area contributed by atoms with Crippen molar-refractivity contribution >= 4 is 5.91 Å². The Bertz CT molecular complexity index is 196. The lowest BCUT2D eigenvalue weighted by molar-refractivity contribution is -0.127. The third-order valence-corrected chi connectivity index (χ3v) is 2.81. The Hall–Kier alpha value is -0.610. The Morgan fingerprint density at radius 2 is 2.36 bits per heavy atom. The van der Waals surface area contributed by atoms with E-state index >= 15 is 0 Å². The van der Waals surface area contributed by atoms with Gasteiger partial charge in [-0.3, -0.25) is 4.79 Å². The standard InChI is InChI=1S/C10H21N3O/c1-9(14)13-5-3-10(8-13)7-12(2)6-4-11/h10H,3-8,11H2,1-2H3. The van der Waals surface area contributed by atoms with Crippen molar-refractivity contribution in [1.82, 2.24) is 9.80 Å². The molecule has 0 bridgehead atoms. The molecule has 0 aromatic heterocycles. The van der Waals surface area contributed by atoms with Crippen LogP contribution < -0.4 is 5.73 Å². The van der Waals surface area contributed by atoms with E-state index in [0.717, 1.165) is 32.6 Å². The normalized spacial score (nSPS) is 22.0. The number of carbonyl (C=O) groups is 1. The summed E-state index contributed by atoms with van der Waals surface area (Å²) in [4.78, 5) is 15.3. The number of hydrogen-bond donors (Lipinski definition) is 1. The number of nitrogens with two attached hydrogens (primary N) is 1. The summed E-state index contributed by atoms with van der Waals surface area (Å²) in [5.74, 6) is 0.837. The zero-order valence-corrected chi connectivity index (χ0v) is 9.20. The van der Waals surface area contributed by atoms with Gasteiger partial charge in [0.2, 0.25) is 5.91 Å². The molecule has 0 saturated carbocycles. The van der Waals surface area contributed by atoms with E-state index in [1.165, 1.54) is 0 Å². The van der Waals surface area contributed by atoms with E-state index < -0.39 is 0 Å². The van der Waals surface area contributed by atoms with Gasteiger partial charge in [0.25, 0.3) is 0 Å². The van der Waals surface area contributed by atoms with Crippen molar-refractivity contribution in [1.29, 1.82) is 0 Å². The lowest BCUT2D eigenvalue weighted by Crippen LogP contribution is -2.32. The van der Waals surface area contributed by atoms with Crippen LogP contribution in [0.5, 0.6) is 0 Å². The molecular formula is C10H21N3O. The first-order chi connectivity index (χ1) is 6.63. The van der Waals surface area contributed by atoms with Crippen LogP contribution in [0.25, 0.3) is 0 Å². The van der Waals surface area contributed by atoms with E-state index in [1.54, 1.807) is 6.92 Å². The van der Waals surface area contributed by atoms with Crippen LogP contribution in [-0.2, 0) is 4.79 Å². The Kier molecular flexibility index (Phi) is 4.35. The van der Waals surface area contributed by atoms with Crippen LogP contribution >= 0.6 is 0 Å². The average molecular weight is 199 g/mol. The number of hydrogen-bond acceptors (Lipinski definition) is 3. The van der Waals surface area contributed by atoms with E-state index in [9.17, 15) is 4.79 Å². The summed E-state index contributed by atoms with van der Waals surface area (Å²) in [6, 6.07) is 0. The second kappa shape index (κ2) is 5.32.